The third-order valence-electron chi connectivity index (χ3n) is 4.26. The van der Waals surface area contributed by atoms with Crippen molar-refractivity contribution < 1.29 is 9.53 Å². The molecule has 1 unspecified atom stereocenters. The quantitative estimate of drug-likeness (QED) is 0.746. The molecule has 1 saturated heterocycles. The highest BCUT2D eigenvalue weighted by atomic mass is 16.5. The third-order valence-corrected chi connectivity index (χ3v) is 4.26. The maximum Gasteiger partial charge on any atom is 0.319 e. The van der Waals surface area contributed by atoms with Crippen molar-refractivity contribution in [2.45, 2.75) is 51.2 Å². The van der Waals surface area contributed by atoms with Crippen LogP contribution in [-0.2, 0) is 4.74 Å². The zero-order valence-corrected chi connectivity index (χ0v) is 12.8. The van der Waals surface area contributed by atoms with E-state index in [0.29, 0.717) is 18.0 Å². The molecule has 1 heterocycles. The fraction of sp³-hybridized carbons (Fsp3) is 0.562. The van der Waals surface area contributed by atoms with Crippen LogP contribution in [0.25, 0.3) is 0 Å². The van der Waals surface area contributed by atoms with Gasteiger partial charge >= 0.3 is 6.03 Å². The summed E-state index contributed by atoms with van der Waals surface area (Å²) in [6.45, 7) is 4.97. The van der Waals surface area contributed by atoms with Crippen molar-refractivity contribution in [3.05, 3.63) is 24.3 Å². The highest BCUT2D eigenvalue weighted by Gasteiger charge is 2.34. The largest absolute Gasteiger partial charge is 0.399 e. The molecule has 1 atom stereocenters. The van der Waals surface area contributed by atoms with E-state index in [1.807, 2.05) is 12.1 Å². The van der Waals surface area contributed by atoms with E-state index in [1.165, 1.54) is 0 Å². The minimum Gasteiger partial charge on any atom is -0.399 e. The summed E-state index contributed by atoms with van der Waals surface area (Å²) in [5, 5.41) is 5.86. The van der Waals surface area contributed by atoms with Crippen molar-refractivity contribution in [3.8, 4) is 0 Å². The van der Waals surface area contributed by atoms with Gasteiger partial charge in [0.25, 0.3) is 0 Å². The molecule has 116 valence electrons. The van der Waals surface area contributed by atoms with Crippen molar-refractivity contribution in [2.24, 2.45) is 0 Å². The van der Waals surface area contributed by atoms with Crippen molar-refractivity contribution in [3.63, 3.8) is 0 Å². The number of carbonyl (C=O) groups excluding carboxylic acids is 1. The molecule has 1 aliphatic rings. The number of rotatable bonds is 4. The molecule has 1 aromatic rings. The number of nitrogens with two attached hydrogens (primary N) is 1. The number of benzene rings is 1. The summed E-state index contributed by atoms with van der Waals surface area (Å²) in [5.41, 5.74) is 6.95. The number of hydrogen-bond acceptors (Lipinski definition) is 3. The van der Waals surface area contributed by atoms with Crippen LogP contribution in [0.5, 0.6) is 0 Å². The molecule has 1 aromatic carbocycles. The maximum absolute atomic E-state index is 12.1. The summed E-state index contributed by atoms with van der Waals surface area (Å²) in [6, 6.07) is 7.14. The van der Waals surface area contributed by atoms with E-state index in [0.717, 1.165) is 25.7 Å². The molecule has 2 amide bonds. The summed E-state index contributed by atoms with van der Waals surface area (Å²) in [4.78, 5) is 12.1. The maximum atomic E-state index is 12.1. The Labute approximate surface area is 126 Å². The van der Waals surface area contributed by atoms with Crippen molar-refractivity contribution in [2.75, 3.05) is 17.7 Å². The first-order chi connectivity index (χ1) is 10.1. The number of ether oxygens (including phenoxy) is 1. The molecule has 21 heavy (non-hydrogen) atoms. The standard InChI is InChI=1S/C16H25N3O2/c1-3-16(4-2)11-14(8-9-21-16)19-15(20)18-13-7-5-6-12(17)10-13/h5-7,10,14H,3-4,8-9,11,17H2,1-2H3,(H2,18,19,20). The van der Waals surface area contributed by atoms with Gasteiger partial charge in [-0.15, -0.1) is 0 Å². The predicted octanol–water partition coefficient (Wildman–Crippen LogP) is 3.13. The zero-order chi connectivity index (χ0) is 15.3. The van der Waals surface area contributed by atoms with Gasteiger partial charge in [0, 0.05) is 24.0 Å². The second-order valence-electron chi connectivity index (χ2n) is 5.65. The van der Waals surface area contributed by atoms with E-state index >= 15 is 0 Å². The van der Waals surface area contributed by atoms with Gasteiger partial charge in [-0.05, 0) is 43.9 Å². The lowest BCUT2D eigenvalue weighted by molar-refractivity contribution is -0.0914. The number of hydrogen-bond donors (Lipinski definition) is 3. The number of carbonyl (C=O) groups is 1. The number of amides is 2. The van der Waals surface area contributed by atoms with Gasteiger partial charge in [-0.1, -0.05) is 19.9 Å². The summed E-state index contributed by atoms with van der Waals surface area (Å²) in [5.74, 6) is 0. The Kier molecular flexibility index (Phi) is 5.07. The van der Waals surface area contributed by atoms with Crippen LogP contribution in [0.15, 0.2) is 24.3 Å². The van der Waals surface area contributed by atoms with E-state index in [2.05, 4.69) is 24.5 Å². The minimum atomic E-state index is -0.186. The Bertz CT molecular complexity index is 486. The first kappa shape index (κ1) is 15.6. The average molecular weight is 291 g/mol. The van der Waals surface area contributed by atoms with Crippen LogP contribution in [0.3, 0.4) is 0 Å². The molecule has 0 aromatic heterocycles. The van der Waals surface area contributed by atoms with Crippen LogP contribution in [0, 0.1) is 0 Å². The van der Waals surface area contributed by atoms with E-state index in [-0.39, 0.29) is 17.7 Å². The topological polar surface area (TPSA) is 76.4 Å². The zero-order valence-electron chi connectivity index (χ0n) is 12.8. The number of urea groups is 1. The first-order valence-electron chi connectivity index (χ1n) is 7.64. The van der Waals surface area contributed by atoms with Gasteiger partial charge in [-0.2, -0.15) is 0 Å². The number of nitrogens with one attached hydrogen (secondary N) is 2. The smallest absolute Gasteiger partial charge is 0.319 e. The molecule has 0 bridgehead atoms. The second-order valence-corrected chi connectivity index (χ2v) is 5.65. The fourth-order valence-electron chi connectivity index (χ4n) is 2.86. The highest BCUT2D eigenvalue weighted by molar-refractivity contribution is 5.89. The Morgan fingerprint density at radius 3 is 2.86 bits per heavy atom. The predicted molar refractivity (Wildman–Crippen MR) is 85.3 cm³/mol. The van der Waals surface area contributed by atoms with E-state index in [9.17, 15) is 4.79 Å². The SMILES string of the molecule is CCC1(CC)CC(NC(=O)Nc2cccc(N)c2)CCO1. The summed E-state index contributed by atoms with van der Waals surface area (Å²) >= 11 is 0. The minimum absolute atomic E-state index is 0.0899. The monoisotopic (exact) mass is 291 g/mol. The van der Waals surface area contributed by atoms with Crippen molar-refractivity contribution >= 4 is 17.4 Å². The second kappa shape index (κ2) is 6.80. The van der Waals surface area contributed by atoms with Gasteiger partial charge in [-0.3, -0.25) is 0 Å². The lowest BCUT2D eigenvalue weighted by Crippen LogP contribution is -2.49. The molecule has 0 spiro atoms. The molecule has 0 radical (unpaired) electrons. The van der Waals surface area contributed by atoms with Crippen LogP contribution < -0.4 is 16.4 Å². The Morgan fingerprint density at radius 2 is 2.19 bits per heavy atom. The molecule has 2 rings (SSSR count). The lowest BCUT2D eigenvalue weighted by atomic mass is 9.86. The van der Waals surface area contributed by atoms with Crippen LogP contribution in [-0.4, -0.2) is 24.3 Å². The molecule has 5 nitrogen and oxygen atoms in total. The lowest BCUT2D eigenvalue weighted by Gasteiger charge is -2.40. The van der Waals surface area contributed by atoms with E-state index in [1.54, 1.807) is 12.1 Å². The number of nitrogen functional groups attached to an aromatic ring is 1. The van der Waals surface area contributed by atoms with Crippen molar-refractivity contribution in [1.82, 2.24) is 5.32 Å². The molecule has 4 N–H and O–H groups in total. The van der Waals surface area contributed by atoms with Crippen LogP contribution >= 0.6 is 0 Å². The normalized spacial score (nSPS) is 20.8. The molecule has 0 saturated carbocycles. The van der Waals surface area contributed by atoms with Crippen LogP contribution in [0.4, 0.5) is 16.2 Å². The Hall–Kier alpha value is -1.75. The van der Waals surface area contributed by atoms with Gasteiger partial charge in [0.1, 0.15) is 0 Å². The Balaban J connectivity index is 1.90. The van der Waals surface area contributed by atoms with E-state index in [4.69, 9.17) is 10.5 Å². The van der Waals surface area contributed by atoms with Gasteiger partial charge in [0.15, 0.2) is 0 Å². The first-order valence-corrected chi connectivity index (χ1v) is 7.64. The average Bonchev–Trinajstić information content (AvgIpc) is 2.47. The van der Waals surface area contributed by atoms with E-state index < -0.39 is 0 Å². The Morgan fingerprint density at radius 1 is 1.43 bits per heavy atom. The molecule has 0 aliphatic carbocycles. The summed E-state index contributed by atoms with van der Waals surface area (Å²) in [6.07, 6.45) is 3.66. The van der Waals surface area contributed by atoms with Crippen molar-refractivity contribution in [1.29, 1.82) is 0 Å². The molecule has 1 aliphatic heterocycles. The molecular formula is C16H25N3O2. The summed E-state index contributed by atoms with van der Waals surface area (Å²) in [7, 11) is 0. The van der Waals surface area contributed by atoms with Gasteiger partial charge in [0.2, 0.25) is 0 Å². The highest BCUT2D eigenvalue weighted by Crippen LogP contribution is 2.31. The molecular weight excluding hydrogens is 266 g/mol. The summed E-state index contributed by atoms with van der Waals surface area (Å²) < 4.78 is 5.92. The van der Waals surface area contributed by atoms with Crippen LogP contribution in [0.1, 0.15) is 39.5 Å². The van der Waals surface area contributed by atoms with Gasteiger partial charge in [0.05, 0.1) is 5.60 Å². The molecule has 1 fully saturated rings. The van der Waals surface area contributed by atoms with Crippen LogP contribution in [0.2, 0.25) is 0 Å². The number of anilines is 2. The fourth-order valence-corrected chi connectivity index (χ4v) is 2.86. The van der Waals surface area contributed by atoms with Gasteiger partial charge in [-0.25, -0.2) is 4.79 Å². The third kappa shape index (κ3) is 4.11. The van der Waals surface area contributed by atoms with Gasteiger partial charge < -0.3 is 21.1 Å². The molecule has 5 heteroatoms.